The van der Waals surface area contributed by atoms with Crippen LogP contribution in [0.1, 0.15) is 39.0 Å². The van der Waals surface area contributed by atoms with Gasteiger partial charge in [-0.05, 0) is 19.3 Å². The summed E-state index contributed by atoms with van der Waals surface area (Å²) in [6.07, 6.45) is 3.35. The van der Waals surface area contributed by atoms with Crippen LogP contribution < -0.4 is 5.32 Å². The number of aliphatic carboxylic acids is 1. The minimum absolute atomic E-state index is 0.137. The van der Waals surface area contributed by atoms with E-state index in [1.165, 1.54) is 0 Å². The number of carbonyl (C=O) groups is 2. The van der Waals surface area contributed by atoms with Gasteiger partial charge < -0.3 is 10.4 Å². The molecule has 0 aromatic carbocycles. The molecule has 2 N–H and O–H groups in total. The van der Waals surface area contributed by atoms with Crippen LogP contribution in [0.5, 0.6) is 0 Å². The maximum atomic E-state index is 11.2. The number of amides is 1. The van der Waals surface area contributed by atoms with E-state index < -0.39 is 11.5 Å². The van der Waals surface area contributed by atoms with Crippen molar-refractivity contribution in [3.8, 4) is 0 Å². The monoisotopic (exact) mass is 185 g/mol. The number of unbranched alkanes of at least 4 members (excludes halogenated alkanes) is 1. The summed E-state index contributed by atoms with van der Waals surface area (Å²) in [6, 6.07) is 0. The zero-order valence-electron chi connectivity index (χ0n) is 7.80. The Hall–Kier alpha value is -1.06. The smallest absolute Gasteiger partial charge is 0.329 e. The lowest BCUT2D eigenvalue weighted by Gasteiger charge is -2.11. The summed E-state index contributed by atoms with van der Waals surface area (Å²) >= 11 is 0. The summed E-state index contributed by atoms with van der Waals surface area (Å²) < 4.78 is 0. The Morgan fingerprint density at radius 2 is 2.08 bits per heavy atom. The molecule has 1 rings (SSSR count). The Balaban J connectivity index is 2.32. The second-order valence-corrected chi connectivity index (χ2v) is 3.54. The summed E-state index contributed by atoms with van der Waals surface area (Å²) in [6.45, 7) is 2.00. The Morgan fingerprint density at radius 1 is 1.46 bits per heavy atom. The molecule has 0 bridgehead atoms. The third-order valence-electron chi connectivity index (χ3n) is 2.30. The van der Waals surface area contributed by atoms with E-state index in [1.807, 2.05) is 6.92 Å². The molecule has 1 fully saturated rings. The zero-order chi connectivity index (χ0) is 9.90. The topological polar surface area (TPSA) is 66.4 Å². The van der Waals surface area contributed by atoms with E-state index in [1.54, 1.807) is 0 Å². The van der Waals surface area contributed by atoms with Gasteiger partial charge in [-0.1, -0.05) is 13.3 Å². The van der Waals surface area contributed by atoms with Gasteiger partial charge in [0, 0.05) is 6.42 Å². The second kappa shape index (κ2) is 3.77. The Kier molecular flexibility index (Phi) is 2.90. The summed E-state index contributed by atoms with van der Waals surface area (Å²) in [7, 11) is 0. The van der Waals surface area contributed by atoms with Crippen LogP contribution in [-0.4, -0.2) is 22.5 Å². The molecule has 0 aromatic rings. The van der Waals surface area contributed by atoms with E-state index in [2.05, 4.69) is 5.32 Å². The number of hydrogen-bond donors (Lipinski definition) is 2. The van der Waals surface area contributed by atoms with Gasteiger partial charge in [0.2, 0.25) is 5.91 Å². The summed E-state index contributed by atoms with van der Waals surface area (Å²) in [4.78, 5) is 21.9. The maximum absolute atomic E-state index is 11.2. The Morgan fingerprint density at radius 3 is 2.46 bits per heavy atom. The van der Waals surface area contributed by atoms with Gasteiger partial charge in [0.05, 0.1) is 0 Å². The first-order chi connectivity index (χ1) is 6.10. The van der Waals surface area contributed by atoms with E-state index in [0.717, 1.165) is 12.8 Å². The fourth-order valence-electron chi connectivity index (χ4n) is 1.18. The van der Waals surface area contributed by atoms with Gasteiger partial charge in [0.25, 0.3) is 0 Å². The van der Waals surface area contributed by atoms with Gasteiger partial charge in [0.15, 0.2) is 0 Å². The lowest BCUT2D eigenvalue weighted by Crippen LogP contribution is -2.42. The van der Waals surface area contributed by atoms with E-state index in [-0.39, 0.29) is 5.91 Å². The molecule has 1 aliphatic rings. The normalized spacial score (nSPS) is 17.9. The Labute approximate surface area is 77.3 Å². The molecule has 0 atom stereocenters. The van der Waals surface area contributed by atoms with Gasteiger partial charge in [0.1, 0.15) is 5.54 Å². The van der Waals surface area contributed by atoms with Crippen molar-refractivity contribution in [1.29, 1.82) is 0 Å². The molecule has 0 spiro atoms. The second-order valence-electron chi connectivity index (χ2n) is 3.54. The minimum atomic E-state index is -0.912. The van der Waals surface area contributed by atoms with Gasteiger partial charge in [-0.2, -0.15) is 0 Å². The van der Waals surface area contributed by atoms with Gasteiger partial charge >= 0.3 is 5.97 Å². The number of nitrogens with one attached hydrogen (secondary N) is 1. The molecular weight excluding hydrogens is 170 g/mol. The van der Waals surface area contributed by atoms with E-state index in [4.69, 9.17) is 5.11 Å². The van der Waals surface area contributed by atoms with Crippen LogP contribution in [-0.2, 0) is 9.59 Å². The SMILES string of the molecule is CCCCC(=O)NC1(C(=O)O)CC1. The molecule has 0 unspecified atom stereocenters. The average Bonchev–Trinajstić information content (AvgIpc) is 2.82. The van der Waals surface area contributed by atoms with Crippen LogP contribution >= 0.6 is 0 Å². The molecular formula is C9H15NO3. The van der Waals surface area contributed by atoms with E-state index in [9.17, 15) is 9.59 Å². The van der Waals surface area contributed by atoms with Gasteiger partial charge in [-0.15, -0.1) is 0 Å². The fraction of sp³-hybridized carbons (Fsp3) is 0.778. The Bertz CT molecular complexity index is 221. The molecule has 1 saturated carbocycles. The highest BCUT2D eigenvalue weighted by molar-refractivity contribution is 5.89. The van der Waals surface area contributed by atoms with Crippen molar-refractivity contribution in [2.45, 2.75) is 44.6 Å². The summed E-state index contributed by atoms with van der Waals surface area (Å²) in [5, 5.41) is 11.3. The zero-order valence-corrected chi connectivity index (χ0v) is 7.80. The maximum Gasteiger partial charge on any atom is 0.329 e. The molecule has 0 aliphatic heterocycles. The van der Waals surface area contributed by atoms with Crippen molar-refractivity contribution >= 4 is 11.9 Å². The number of rotatable bonds is 5. The summed E-state index contributed by atoms with van der Waals surface area (Å²) in [5.41, 5.74) is -0.912. The molecule has 0 aromatic heterocycles. The van der Waals surface area contributed by atoms with E-state index >= 15 is 0 Å². The van der Waals surface area contributed by atoms with Crippen molar-refractivity contribution < 1.29 is 14.7 Å². The van der Waals surface area contributed by atoms with Gasteiger partial charge in [-0.3, -0.25) is 4.79 Å². The molecule has 1 amide bonds. The van der Waals surface area contributed by atoms with Crippen LogP contribution in [0.3, 0.4) is 0 Å². The average molecular weight is 185 g/mol. The third kappa shape index (κ3) is 2.44. The van der Waals surface area contributed by atoms with Crippen molar-refractivity contribution in [1.82, 2.24) is 5.32 Å². The highest BCUT2D eigenvalue weighted by atomic mass is 16.4. The molecule has 0 heterocycles. The number of hydrogen-bond acceptors (Lipinski definition) is 2. The quantitative estimate of drug-likeness (QED) is 0.669. The van der Waals surface area contributed by atoms with Crippen LogP contribution in [0.4, 0.5) is 0 Å². The molecule has 74 valence electrons. The van der Waals surface area contributed by atoms with Crippen molar-refractivity contribution in [2.75, 3.05) is 0 Å². The molecule has 1 aliphatic carbocycles. The van der Waals surface area contributed by atoms with Crippen molar-refractivity contribution in [3.63, 3.8) is 0 Å². The highest BCUT2D eigenvalue weighted by Crippen LogP contribution is 2.35. The highest BCUT2D eigenvalue weighted by Gasteiger charge is 2.51. The first-order valence-electron chi connectivity index (χ1n) is 4.65. The van der Waals surface area contributed by atoms with Crippen molar-refractivity contribution in [2.24, 2.45) is 0 Å². The predicted octanol–water partition coefficient (Wildman–Crippen LogP) is 0.910. The van der Waals surface area contributed by atoms with Crippen LogP contribution in [0.2, 0.25) is 0 Å². The standard InChI is InChI=1S/C9H15NO3/c1-2-3-4-7(11)10-9(5-6-9)8(12)13/h2-6H2,1H3,(H,10,11)(H,12,13). The van der Waals surface area contributed by atoms with Crippen molar-refractivity contribution in [3.05, 3.63) is 0 Å². The first-order valence-corrected chi connectivity index (χ1v) is 4.65. The first kappa shape index (κ1) is 10.0. The van der Waals surface area contributed by atoms with Crippen LogP contribution in [0, 0.1) is 0 Å². The molecule has 13 heavy (non-hydrogen) atoms. The van der Waals surface area contributed by atoms with Crippen LogP contribution in [0.15, 0.2) is 0 Å². The lowest BCUT2D eigenvalue weighted by atomic mass is 10.2. The lowest BCUT2D eigenvalue weighted by molar-refractivity contribution is -0.143. The van der Waals surface area contributed by atoms with E-state index in [0.29, 0.717) is 19.3 Å². The fourth-order valence-corrected chi connectivity index (χ4v) is 1.18. The molecule has 0 radical (unpaired) electrons. The largest absolute Gasteiger partial charge is 0.480 e. The number of carboxylic acids is 1. The third-order valence-corrected chi connectivity index (χ3v) is 2.30. The van der Waals surface area contributed by atoms with Gasteiger partial charge in [-0.25, -0.2) is 4.79 Å². The predicted molar refractivity (Wildman–Crippen MR) is 47.3 cm³/mol. The summed E-state index contributed by atoms with van der Waals surface area (Å²) in [5.74, 6) is -1.04. The number of carboxylic acid groups (broad SMARTS) is 1. The molecule has 4 heteroatoms. The van der Waals surface area contributed by atoms with Crippen LogP contribution in [0.25, 0.3) is 0 Å². The number of carbonyl (C=O) groups excluding carboxylic acids is 1. The molecule has 4 nitrogen and oxygen atoms in total. The molecule has 0 saturated heterocycles. The minimum Gasteiger partial charge on any atom is -0.480 e.